The smallest absolute Gasteiger partial charge is 0.241 e. The van der Waals surface area contributed by atoms with Gasteiger partial charge < -0.3 is 5.32 Å². The zero-order valence-electron chi connectivity index (χ0n) is 15.8. The van der Waals surface area contributed by atoms with Crippen molar-refractivity contribution in [3.8, 4) is 0 Å². The normalized spacial score (nSPS) is 11.5. The lowest BCUT2D eigenvalue weighted by Crippen LogP contribution is -2.34. The van der Waals surface area contributed by atoms with Crippen molar-refractivity contribution in [2.24, 2.45) is 0 Å². The molecule has 2 aromatic rings. The molecule has 2 N–H and O–H groups in total. The minimum Gasteiger partial charge on any atom is -0.325 e. The molecule has 1 aromatic carbocycles. The quantitative estimate of drug-likeness (QED) is 0.470. The Morgan fingerprint density at radius 1 is 1.18 bits per heavy atom. The first-order valence-corrected chi connectivity index (χ1v) is 11.7. The molecule has 0 spiro atoms. The Labute approximate surface area is 172 Å². The molecule has 0 atom stereocenters. The van der Waals surface area contributed by atoms with Crippen LogP contribution in [0.15, 0.2) is 22.5 Å². The average Bonchev–Trinajstić information content (AvgIpc) is 3.02. The Morgan fingerprint density at radius 2 is 1.89 bits per heavy atom. The third kappa shape index (κ3) is 6.86. The van der Waals surface area contributed by atoms with Gasteiger partial charge in [-0.25, -0.2) is 8.42 Å². The minimum absolute atomic E-state index is 0.146. The lowest BCUT2D eigenvalue weighted by Gasteiger charge is -2.12. The van der Waals surface area contributed by atoms with Gasteiger partial charge in [0.25, 0.3) is 0 Å². The van der Waals surface area contributed by atoms with Crippen LogP contribution in [-0.2, 0) is 19.6 Å². The Morgan fingerprint density at radius 3 is 2.57 bits per heavy atom. The van der Waals surface area contributed by atoms with E-state index < -0.39 is 15.9 Å². The molecule has 0 aliphatic rings. The van der Waals surface area contributed by atoms with Crippen molar-refractivity contribution in [3.63, 3.8) is 0 Å². The molecule has 1 aromatic heterocycles. The molecule has 12 heteroatoms. The van der Waals surface area contributed by atoms with Gasteiger partial charge in [-0.05, 0) is 31.0 Å². The highest BCUT2D eigenvalue weighted by Gasteiger charge is 2.17. The van der Waals surface area contributed by atoms with Gasteiger partial charge in [0, 0.05) is 12.7 Å². The van der Waals surface area contributed by atoms with E-state index in [1.54, 1.807) is 0 Å². The van der Waals surface area contributed by atoms with E-state index in [-0.39, 0.29) is 23.3 Å². The van der Waals surface area contributed by atoms with Gasteiger partial charge in [-0.2, -0.15) is 4.31 Å². The number of benzene rings is 1. The molecule has 0 aliphatic carbocycles. The summed E-state index contributed by atoms with van der Waals surface area (Å²) in [4.78, 5) is 24.0. The van der Waals surface area contributed by atoms with Gasteiger partial charge in [0.05, 0.1) is 18.6 Å². The molecule has 2 rings (SSSR count). The van der Waals surface area contributed by atoms with Crippen molar-refractivity contribution in [2.45, 2.75) is 18.2 Å². The number of anilines is 2. The highest BCUT2D eigenvalue weighted by molar-refractivity contribution is 8.01. The topological polar surface area (TPSA) is 121 Å². The van der Waals surface area contributed by atoms with E-state index >= 15 is 0 Å². The molecule has 1 heterocycles. The first-order chi connectivity index (χ1) is 13.0. The molecular formula is C16H21N5O4S3. The Kier molecular flexibility index (Phi) is 7.52. The number of nitrogens with zero attached hydrogens (tertiary/aromatic N) is 3. The van der Waals surface area contributed by atoms with Crippen LogP contribution in [-0.4, -0.2) is 60.3 Å². The second-order valence-corrected chi connectivity index (χ2v) is 10.4. The summed E-state index contributed by atoms with van der Waals surface area (Å²) in [5.41, 5.74) is 2.80. The Bertz CT molecular complexity index is 974. The molecule has 0 bridgehead atoms. The molecule has 0 fully saturated rings. The number of carbonyl (C=O) groups excluding carboxylic acids is 2. The number of aryl methyl sites for hydroxylation is 2. The summed E-state index contributed by atoms with van der Waals surface area (Å²) < 4.78 is 24.1. The average molecular weight is 444 g/mol. The summed E-state index contributed by atoms with van der Waals surface area (Å²) in [6.45, 7) is 3.55. The lowest BCUT2D eigenvalue weighted by atomic mass is 10.1. The molecule has 9 nitrogen and oxygen atoms in total. The van der Waals surface area contributed by atoms with Crippen molar-refractivity contribution < 1.29 is 18.0 Å². The first kappa shape index (κ1) is 22.3. The monoisotopic (exact) mass is 443 g/mol. The number of nitrogens with one attached hydrogen (secondary N) is 2. The summed E-state index contributed by atoms with van der Waals surface area (Å²) in [5.74, 6) is -0.546. The number of hydrogen-bond acceptors (Lipinski definition) is 8. The molecule has 2 amide bonds. The third-order valence-corrected chi connectivity index (χ3v) is 6.81. The van der Waals surface area contributed by atoms with E-state index in [0.717, 1.165) is 38.7 Å². The summed E-state index contributed by atoms with van der Waals surface area (Å²) in [7, 11) is -2.13. The fourth-order valence-corrected chi connectivity index (χ4v) is 3.90. The van der Waals surface area contributed by atoms with Gasteiger partial charge in [0.1, 0.15) is 0 Å². The van der Waals surface area contributed by atoms with Crippen molar-refractivity contribution >= 4 is 55.8 Å². The fourth-order valence-electron chi connectivity index (χ4n) is 1.98. The van der Waals surface area contributed by atoms with Gasteiger partial charge in [-0.1, -0.05) is 35.2 Å². The SMILES string of the molecule is Cc1ccc(C)c(NC(=O)CSc2nnc(NC(=O)CN(C)S(C)(=O)=O)s2)c1. The largest absolute Gasteiger partial charge is 0.325 e. The van der Waals surface area contributed by atoms with Gasteiger partial charge >= 0.3 is 0 Å². The summed E-state index contributed by atoms with van der Waals surface area (Å²) >= 11 is 2.31. The van der Waals surface area contributed by atoms with E-state index in [0.29, 0.717) is 4.34 Å². The molecule has 0 radical (unpaired) electrons. The van der Waals surface area contributed by atoms with Gasteiger partial charge in [-0.15, -0.1) is 10.2 Å². The van der Waals surface area contributed by atoms with Crippen molar-refractivity contribution in [1.82, 2.24) is 14.5 Å². The molecule has 0 saturated carbocycles. The minimum atomic E-state index is -3.44. The number of amides is 2. The van der Waals surface area contributed by atoms with Crippen LogP contribution in [0.3, 0.4) is 0 Å². The van der Waals surface area contributed by atoms with Gasteiger partial charge in [0.15, 0.2) is 4.34 Å². The highest BCUT2D eigenvalue weighted by Crippen LogP contribution is 2.26. The van der Waals surface area contributed by atoms with Crippen molar-refractivity contribution in [1.29, 1.82) is 0 Å². The van der Waals surface area contributed by atoms with E-state index in [1.807, 2.05) is 32.0 Å². The first-order valence-electron chi connectivity index (χ1n) is 8.09. The third-order valence-electron chi connectivity index (χ3n) is 3.58. The maximum Gasteiger partial charge on any atom is 0.241 e. The summed E-state index contributed by atoms with van der Waals surface area (Å²) in [5, 5.41) is 13.3. The number of thioether (sulfide) groups is 1. The van der Waals surface area contributed by atoms with Crippen LogP contribution in [0.1, 0.15) is 11.1 Å². The Hall–Kier alpha value is -2.02. The van der Waals surface area contributed by atoms with Crippen LogP contribution < -0.4 is 10.6 Å². The van der Waals surface area contributed by atoms with Crippen LogP contribution in [0.5, 0.6) is 0 Å². The Balaban J connectivity index is 1.85. The van der Waals surface area contributed by atoms with Crippen molar-refractivity contribution in [2.75, 3.05) is 36.2 Å². The summed E-state index contributed by atoms with van der Waals surface area (Å²) in [6.07, 6.45) is 1.02. The van der Waals surface area contributed by atoms with Crippen LogP contribution in [0.2, 0.25) is 0 Å². The van der Waals surface area contributed by atoms with Crippen LogP contribution in [0, 0.1) is 13.8 Å². The number of carbonyl (C=O) groups is 2. The number of aromatic nitrogens is 2. The maximum absolute atomic E-state index is 12.1. The number of rotatable bonds is 8. The highest BCUT2D eigenvalue weighted by atomic mass is 32.2. The molecule has 0 saturated heterocycles. The lowest BCUT2D eigenvalue weighted by molar-refractivity contribution is -0.116. The molecular weight excluding hydrogens is 422 g/mol. The van der Waals surface area contributed by atoms with E-state index in [9.17, 15) is 18.0 Å². The predicted molar refractivity (Wildman–Crippen MR) is 111 cm³/mol. The predicted octanol–water partition coefficient (Wildman–Crippen LogP) is 1.72. The van der Waals surface area contributed by atoms with Crippen molar-refractivity contribution in [3.05, 3.63) is 29.3 Å². The molecule has 0 aliphatic heterocycles. The van der Waals surface area contributed by atoms with E-state index in [1.165, 1.54) is 18.8 Å². The van der Waals surface area contributed by atoms with Crippen LogP contribution in [0.25, 0.3) is 0 Å². The van der Waals surface area contributed by atoms with E-state index in [2.05, 4.69) is 20.8 Å². The van der Waals surface area contributed by atoms with E-state index in [4.69, 9.17) is 0 Å². The zero-order valence-corrected chi connectivity index (χ0v) is 18.3. The molecule has 152 valence electrons. The van der Waals surface area contributed by atoms with Gasteiger partial charge in [-0.3, -0.25) is 14.9 Å². The number of sulfonamides is 1. The van der Waals surface area contributed by atoms with Crippen LogP contribution in [0.4, 0.5) is 10.8 Å². The second-order valence-electron chi connectivity index (χ2n) is 6.10. The standard InChI is InChI=1S/C16H21N5O4S3/c1-10-5-6-11(2)12(7-10)17-14(23)9-26-16-20-19-15(27-16)18-13(22)8-21(3)28(4,24)25/h5-7H,8-9H2,1-4H3,(H,17,23)(H,18,19,22). The number of hydrogen-bond donors (Lipinski definition) is 2. The molecule has 0 unspecified atom stereocenters. The fraction of sp³-hybridized carbons (Fsp3) is 0.375. The van der Waals surface area contributed by atoms with Crippen LogP contribution >= 0.6 is 23.1 Å². The zero-order chi connectivity index (χ0) is 20.9. The maximum atomic E-state index is 12.1. The summed E-state index contributed by atoms with van der Waals surface area (Å²) in [6, 6.07) is 5.83. The second kappa shape index (κ2) is 9.45. The van der Waals surface area contributed by atoms with Gasteiger partial charge in [0.2, 0.25) is 27.0 Å². The number of likely N-dealkylation sites (N-methyl/N-ethyl adjacent to an activating group) is 1. The molecule has 28 heavy (non-hydrogen) atoms.